The molecule has 2 aromatic rings. The molecule has 1 fully saturated rings. The number of aromatic nitrogens is 3. The van der Waals surface area contributed by atoms with Crippen molar-refractivity contribution in [2.45, 2.75) is 25.1 Å². The van der Waals surface area contributed by atoms with Gasteiger partial charge >= 0.3 is 12.2 Å². The van der Waals surface area contributed by atoms with Gasteiger partial charge in [-0.15, -0.1) is 0 Å². The van der Waals surface area contributed by atoms with E-state index in [2.05, 4.69) is 15.0 Å². The first kappa shape index (κ1) is 17.1. The highest BCUT2D eigenvalue weighted by molar-refractivity contribution is 5.94. The van der Waals surface area contributed by atoms with Crippen LogP contribution in [0.4, 0.5) is 13.2 Å². The lowest BCUT2D eigenvalue weighted by atomic mass is 10.1. The van der Waals surface area contributed by atoms with E-state index in [1.54, 1.807) is 23.4 Å². The number of hydrogen-bond donors (Lipinski definition) is 0. The molecule has 132 valence electrons. The summed E-state index contributed by atoms with van der Waals surface area (Å²) >= 11 is 0. The highest BCUT2D eigenvalue weighted by Gasteiger charge is 2.33. The minimum absolute atomic E-state index is 0.115. The molecule has 0 saturated carbocycles. The van der Waals surface area contributed by atoms with Gasteiger partial charge in [0.1, 0.15) is 11.8 Å². The number of hydrogen-bond acceptors (Lipinski definition) is 5. The molecule has 0 radical (unpaired) electrons. The summed E-state index contributed by atoms with van der Waals surface area (Å²) in [7, 11) is 0. The van der Waals surface area contributed by atoms with Gasteiger partial charge in [-0.05, 0) is 31.0 Å². The van der Waals surface area contributed by atoms with Crippen LogP contribution in [0.15, 0.2) is 36.8 Å². The van der Waals surface area contributed by atoms with Crippen molar-refractivity contribution in [2.24, 2.45) is 0 Å². The zero-order chi connectivity index (χ0) is 17.9. The van der Waals surface area contributed by atoms with Crippen molar-refractivity contribution in [2.75, 3.05) is 13.1 Å². The highest BCUT2D eigenvalue weighted by atomic mass is 19.4. The van der Waals surface area contributed by atoms with Gasteiger partial charge in [-0.1, -0.05) is 0 Å². The average Bonchev–Trinajstić information content (AvgIpc) is 2.61. The van der Waals surface area contributed by atoms with Crippen LogP contribution in [0.1, 0.15) is 28.9 Å². The number of amides is 1. The van der Waals surface area contributed by atoms with E-state index in [4.69, 9.17) is 4.74 Å². The molecular weight excluding hydrogens is 337 g/mol. The van der Waals surface area contributed by atoms with Crippen molar-refractivity contribution in [1.29, 1.82) is 0 Å². The Labute approximate surface area is 141 Å². The Bertz CT molecular complexity index is 722. The second-order valence-corrected chi connectivity index (χ2v) is 5.59. The van der Waals surface area contributed by atoms with E-state index >= 15 is 0 Å². The molecule has 0 aromatic carbocycles. The lowest BCUT2D eigenvalue weighted by molar-refractivity contribution is -0.141. The van der Waals surface area contributed by atoms with E-state index in [1.807, 2.05) is 0 Å². The van der Waals surface area contributed by atoms with Crippen LogP contribution in [-0.2, 0) is 6.18 Å². The lowest BCUT2D eigenvalue weighted by Gasteiger charge is -2.32. The molecule has 2 aromatic heterocycles. The molecule has 1 unspecified atom stereocenters. The summed E-state index contributed by atoms with van der Waals surface area (Å²) in [6, 6.07) is 3.85. The van der Waals surface area contributed by atoms with E-state index in [0.29, 0.717) is 13.1 Å². The van der Waals surface area contributed by atoms with Gasteiger partial charge < -0.3 is 9.64 Å². The molecule has 1 amide bonds. The van der Waals surface area contributed by atoms with Crippen LogP contribution in [0.2, 0.25) is 0 Å². The number of halogens is 3. The molecule has 0 N–H and O–H groups in total. The number of piperidine rings is 1. The minimum atomic E-state index is -4.53. The second-order valence-electron chi connectivity index (χ2n) is 5.59. The average molecular weight is 352 g/mol. The maximum absolute atomic E-state index is 12.5. The maximum atomic E-state index is 12.5. The van der Waals surface area contributed by atoms with Crippen LogP contribution in [0.5, 0.6) is 6.01 Å². The number of nitrogens with zero attached hydrogens (tertiary/aromatic N) is 4. The SMILES string of the molecule is O=C(c1ccc(C(F)(F)F)nc1)N1CCCC(Oc2ncccn2)C1. The summed E-state index contributed by atoms with van der Waals surface area (Å²) in [5.74, 6) is -0.372. The Morgan fingerprint density at radius 1 is 1.20 bits per heavy atom. The lowest BCUT2D eigenvalue weighted by Crippen LogP contribution is -2.44. The molecule has 1 saturated heterocycles. The van der Waals surface area contributed by atoms with E-state index in [-0.39, 0.29) is 23.6 Å². The van der Waals surface area contributed by atoms with Gasteiger partial charge in [0.05, 0.1) is 12.1 Å². The van der Waals surface area contributed by atoms with E-state index in [9.17, 15) is 18.0 Å². The van der Waals surface area contributed by atoms with Crippen LogP contribution in [-0.4, -0.2) is 45.0 Å². The van der Waals surface area contributed by atoms with Gasteiger partial charge in [0.25, 0.3) is 5.91 Å². The van der Waals surface area contributed by atoms with Crippen molar-refractivity contribution < 1.29 is 22.7 Å². The first-order valence-electron chi connectivity index (χ1n) is 7.69. The molecule has 25 heavy (non-hydrogen) atoms. The third kappa shape index (κ3) is 4.23. The van der Waals surface area contributed by atoms with Crippen LogP contribution >= 0.6 is 0 Å². The summed E-state index contributed by atoms with van der Waals surface area (Å²) in [6.45, 7) is 0.827. The number of rotatable bonds is 3. The Morgan fingerprint density at radius 3 is 2.60 bits per heavy atom. The molecule has 3 heterocycles. The van der Waals surface area contributed by atoms with Gasteiger partial charge in [0.15, 0.2) is 0 Å². The molecule has 6 nitrogen and oxygen atoms in total. The fourth-order valence-corrected chi connectivity index (χ4v) is 2.58. The van der Waals surface area contributed by atoms with Crippen LogP contribution < -0.4 is 4.74 Å². The molecule has 9 heteroatoms. The van der Waals surface area contributed by atoms with E-state index in [0.717, 1.165) is 31.2 Å². The quantitative estimate of drug-likeness (QED) is 0.849. The molecule has 1 aliphatic rings. The molecule has 0 spiro atoms. The molecular formula is C16H15F3N4O2. The van der Waals surface area contributed by atoms with Crippen LogP contribution in [0.3, 0.4) is 0 Å². The van der Waals surface area contributed by atoms with Crippen molar-refractivity contribution in [3.8, 4) is 6.01 Å². The monoisotopic (exact) mass is 352 g/mol. The smallest absolute Gasteiger partial charge is 0.433 e. The third-order valence-corrected chi connectivity index (χ3v) is 3.78. The summed E-state index contributed by atoms with van der Waals surface area (Å²) in [5.41, 5.74) is -0.908. The predicted molar refractivity (Wildman–Crippen MR) is 80.8 cm³/mol. The summed E-state index contributed by atoms with van der Waals surface area (Å²) < 4.78 is 43.3. The maximum Gasteiger partial charge on any atom is 0.433 e. The van der Waals surface area contributed by atoms with Crippen LogP contribution in [0, 0.1) is 0 Å². The molecule has 3 rings (SSSR count). The highest BCUT2D eigenvalue weighted by Crippen LogP contribution is 2.27. The Morgan fingerprint density at radius 2 is 1.96 bits per heavy atom. The van der Waals surface area contributed by atoms with Gasteiger partial charge in [0, 0.05) is 25.1 Å². The van der Waals surface area contributed by atoms with Gasteiger partial charge in [-0.25, -0.2) is 9.97 Å². The predicted octanol–water partition coefficient (Wildman–Crippen LogP) is 2.57. The van der Waals surface area contributed by atoms with Gasteiger partial charge in [-0.2, -0.15) is 13.2 Å². The Kier molecular flexibility index (Phi) is 4.82. The minimum Gasteiger partial charge on any atom is -0.458 e. The second kappa shape index (κ2) is 7.04. The largest absolute Gasteiger partial charge is 0.458 e. The summed E-state index contributed by atoms with van der Waals surface area (Å²) in [5, 5.41) is 0. The number of carbonyl (C=O) groups excluding carboxylic acids is 1. The fraction of sp³-hybridized carbons (Fsp3) is 0.375. The number of alkyl halides is 3. The van der Waals surface area contributed by atoms with E-state index in [1.165, 1.54) is 0 Å². The van der Waals surface area contributed by atoms with Crippen molar-refractivity contribution in [1.82, 2.24) is 19.9 Å². The van der Waals surface area contributed by atoms with E-state index < -0.39 is 11.9 Å². The number of likely N-dealkylation sites (tertiary alicyclic amines) is 1. The summed E-state index contributed by atoms with van der Waals surface area (Å²) in [4.78, 5) is 25.3. The van der Waals surface area contributed by atoms with Crippen molar-refractivity contribution in [3.63, 3.8) is 0 Å². The van der Waals surface area contributed by atoms with Gasteiger partial charge in [-0.3, -0.25) is 9.78 Å². The third-order valence-electron chi connectivity index (χ3n) is 3.78. The van der Waals surface area contributed by atoms with Gasteiger partial charge in [0.2, 0.25) is 0 Å². The molecule has 0 bridgehead atoms. The fourth-order valence-electron chi connectivity index (χ4n) is 2.58. The number of pyridine rings is 1. The normalized spacial score (nSPS) is 18.0. The zero-order valence-corrected chi connectivity index (χ0v) is 13.1. The van der Waals surface area contributed by atoms with Crippen molar-refractivity contribution >= 4 is 5.91 Å². The number of carbonyl (C=O) groups is 1. The Hall–Kier alpha value is -2.71. The summed E-state index contributed by atoms with van der Waals surface area (Å²) in [6.07, 6.45) is 0.744. The van der Waals surface area contributed by atoms with Crippen molar-refractivity contribution in [3.05, 3.63) is 48.0 Å². The molecule has 1 aliphatic heterocycles. The topological polar surface area (TPSA) is 68.2 Å². The Balaban J connectivity index is 1.65. The van der Waals surface area contributed by atoms with Crippen LogP contribution in [0.25, 0.3) is 0 Å². The molecule has 0 aliphatic carbocycles. The first-order chi connectivity index (χ1) is 11.9. The molecule has 1 atom stereocenters. The zero-order valence-electron chi connectivity index (χ0n) is 13.1. The first-order valence-corrected chi connectivity index (χ1v) is 7.69. The standard InChI is InChI=1S/C16H15F3N4O2/c17-16(18,19)13-5-4-11(9-22-13)14(24)23-8-1-3-12(10-23)25-15-20-6-2-7-21-15/h2,4-7,9,12H,1,3,8,10H2. The number of ether oxygens (including phenoxy) is 1.